The van der Waals surface area contributed by atoms with Crippen LogP contribution in [0, 0.1) is 0 Å². The highest BCUT2D eigenvalue weighted by Gasteiger charge is 2.44. The molecule has 1 N–H and O–H groups in total. The second kappa shape index (κ2) is 8.57. The maximum absolute atomic E-state index is 12.9. The molecule has 1 aliphatic rings. The molecule has 1 aliphatic carbocycles. The van der Waals surface area contributed by atoms with Gasteiger partial charge in [-0.3, -0.25) is 9.59 Å². The number of halogens is 1. The zero-order valence-electron chi connectivity index (χ0n) is 15.4. The largest absolute Gasteiger partial charge is 0.455 e. The van der Waals surface area contributed by atoms with Crippen LogP contribution < -0.4 is 5.32 Å². The Hall–Kier alpha value is -2.33. The third kappa shape index (κ3) is 4.51. The van der Waals surface area contributed by atoms with E-state index in [0.717, 1.165) is 36.8 Å². The van der Waals surface area contributed by atoms with Crippen molar-refractivity contribution in [2.75, 3.05) is 6.61 Å². The van der Waals surface area contributed by atoms with E-state index in [-0.39, 0.29) is 24.5 Å². The monoisotopic (exact) mass is 385 g/mol. The van der Waals surface area contributed by atoms with Crippen LogP contribution in [0.5, 0.6) is 0 Å². The van der Waals surface area contributed by atoms with Crippen LogP contribution in [-0.4, -0.2) is 18.5 Å². The van der Waals surface area contributed by atoms with Gasteiger partial charge in [0.05, 0.1) is 11.5 Å². The minimum atomic E-state index is -0.671. The van der Waals surface area contributed by atoms with Crippen LogP contribution in [0.1, 0.15) is 49.8 Å². The molecule has 142 valence electrons. The lowest BCUT2D eigenvalue weighted by Gasteiger charge is -2.27. The van der Waals surface area contributed by atoms with Gasteiger partial charge in [-0.05, 0) is 43.0 Å². The second-order valence-corrected chi connectivity index (χ2v) is 7.51. The van der Waals surface area contributed by atoms with E-state index in [2.05, 4.69) is 5.32 Å². The predicted octanol–water partition coefficient (Wildman–Crippen LogP) is 4.57. The molecule has 0 unspecified atom stereocenters. The molecule has 0 bridgehead atoms. The molecule has 0 aromatic heterocycles. The van der Waals surface area contributed by atoms with Crippen molar-refractivity contribution < 1.29 is 14.3 Å². The first-order valence-electron chi connectivity index (χ1n) is 9.29. The van der Waals surface area contributed by atoms with Gasteiger partial charge in [0.15, 0.2) is 6.61 Å². The molecule has 0 radical (unpaired) electrons. The van der Waals surface area contributed by atoms with Crippen molar-refractivity contribution in [2.45, 2.75) is 44.1 Å². The number of esters is 1. The first kappa shape index (κ1) is 19.4. The Balaban J connectivity index is 1.61. The molecule has 1 amide bonds. The fourth-order valence-corrected chi connectivity index (χ4v) is 3.86. The Morgan fingerprint density at radius 1 is 1.07 bits per heavy atom. The first-order chi connectivity index (χ1) is 13.0. The summed E-state index contributed by atoms with van der Waals surface area (Å²) >= 11 is 5.98. The topological polar surface area (TPSA) is 55.4 Å². The lowest BCUT2D eigenvalue weighted by Crippen LogP contribution is -2.38. The molecular formula is C22H24ClNO3. The highest BCUT2D eigenvalue weighted by Crippen LogP contribution is 2.42. The maximum atomic E-state index is 12.9. The van der Waals surface area contributed by atoms with Crippen LogP contribution in [0.15, 0.2) is 54.6 Å². The minimum Gasteiger partial charge on any atom is -0.455 e. The number of benzene rings is 2. The van der Waals surface area contributed by atoms with Gasteiger partial charge >= 0.3 is 5.97 Å². The molecule has 27 heavy (non-hydrogen) atoms. The lowest BCUT2D eigenvalue weighted by atomic mass is 9.79. The SMILES string of the molecule is C[C@@H](NC(=O)COC(=O)C1(c2ccc(Cl)cc2)CCCC1)c1ccccc1. The number of hydrogen-bond donors (Lipinski definition) is 1. The number of rotatable bonds is 6. The minimum absolute atomic E-state index is 0.144. The molecular weight excluding hydrogens is 362 g/mol. The van der Waals surface area contributed by atoms with Gasteiger partial charge in [0.2, 0.25) is 0 Å². The molecule has 0 aliphatic heterocycles. The van der Waals surface area contributed by atoms with E-state index in [1.807, 2.05) is 49.4 Å². The summed E-state index contributed by atoms with van der Waals surface area (Å²) in [6, 6.07) is 16.9. The van der Waals surface area contributed by atoms with Crippen molar-refractivity contribution in [1.29, 1.82) is 0 Å². The summed E-state index contributed by atoms with van der Waals surface area (Å²) in [5.74, 6) is -0.631. The van der Waals surface area contributed by atoms with E-state index in [1.54, 1.807) is 12.1 Å². The normalized spacial score (nSPS) is 16.5. The Labute approximate surface area is 164 Å². The van der Waals surface area contributed by atoms with Crippen molar-refractivity contribution in [1.82, 2.24) is 5.32 Å². The van der Waals surface area contributed by atoms with E-state index in [0.29, 0.717) is 5.02 Å². The van der Waals surface area contributed by atoms with Crippen molar-refractivity contribution in [3.63, 3.8) is 0 Å². The average molecular weight is 386 g/mol. The lowest BCUT2D eigenvalue weighted by molar-refractivity contribution is -0.154. The quantitative estimate of drug-likeness (QED) is 0.741. The first-order valence-corrected chi connectivity index (χ1v) is 9.67. The Morgan fingerprint density at radius 2 is 1.70 bits per heavy atom. The van der Waals surface area contributed by atoms with Crippen LogP contribution >= 0.6 is 11.6 Å². The van der Waals surface area contributed by atoms with Crippen molar-refractivity contribution in [3.8, 4) is 0 Å². The number of nitrogens with one attached hydrogen (secondary N) is 1. The summed E-state index contributed by atoms with van der Waals surface area (Å²) in [7, 11) is 0. The Bertz CT molecular complexity index is 783. The second-order valence-electron chi connectivity index (χ2n) is 7.07. The van der Waals surface area contributed by atoms with Crippen LogP contribution in [0.25, 0.3) is 0 Å². The third-order valence-electron chi connectivity index (χ3n) is 5.26. The molecule has 0 saturated heterocycles. The number of carbonyl (C=O) groups is 2. The van der Waals surface area contributed by atoms with E-state index in [9.17, 15) is 9.59 Å². The number of hydrogen-bond acceptors (Lipinski definition) is 3. The third-order valence-corrected chi connectivity index (χ3v) is 5.51. The maximum Gasteiger partial charge on any atom is 0.317 e. The molecule has 0 spiro atoms. The van der Waals surface area contributed by atoms with Gasteiger partial charge in [-0.1, -0.05) is 66.9 Å². The van der Waals surface area contributed by atoms with Crippen LogP contribution in [-0.2, 0) is 19.7 Å². The van der Waals surface area contributed by atoms with Gasteiger partial charge in [-0.15, -0.1) is 0 Å². The van der Waals surface area contributed by atoms with Crippen molar-refractivity contribution in [2.24, 2.45) is 0 Å². The fraction of sp³-hybridized carbons (Fsp3) is 0.364. The van der Waals surface area contributed by atoms with Gasteiger partial charge in [-0.25, -0.2) is 0 Å². The van der Waals surface area contributed by atoms with Crippen LogP contribution in [0.3, 0.4) is 0 Å². The summed E-state index contributed by atoms with van der Waals surface area (Å²) in [6.07, 6.45) is 3.40. The van der Waals surface area contributed by atoms with Gasteiger partial charge in [0, 0.05) is 5.02 Å². The van der Waals surface area contributed by atoms with E-state index in [1.165, 1.54) is 0 Å². The fourth-order valence-electron chi connectivity index (χ4n) is 3.74. The smallest absolute Gasteiger partial charge is 0.317 e. The van der Waals surface area contributed by atoms with Crippen molar-refractivity contribution in [3.05, 3.63) is 70.7 Å². The predicted molar refractivity (Wildman–Crippen MR) is 106 cm³/mol. The number of amides is 1. The van der Waals surface area contributed by atoms with Gasteiger partial charge in [0.1, 0.15) is 0 Å². The highest BCUT2D eigenvalue weighted by atomic mass is 35.5. The molecule has 4 nitrogen and oxygen atoms in total. The Morgan fingerprint density at radius 3 is 2.33 bits per heavy atom. The van der Waals surface area contributed by atoms with Crippen LogP contribution in [0.2, 0.25) is 5.02 Å². The zero-order chi connectivity index (χ0) is 19.3. The van der Waals surface area contributed by atoms with E-state index < -0.39 is 5.41 Å². The molecule has 1 saturated carbocycles. The molecule has 0 heterocycles. The average Bonchev–Trinajstić information content (AvgIpc) is 3.18. The molecule has 2 aromatic rings. The summed E-state index contributed by atoms with van der Waals surface area (Å²) in [6.45, 7) is 1.63. The summed E-state index contributed by atoms with van der Waals surface area (Å²) in [4.78, 5) is 25.1. The standard InChI is InChI=1S/C22H24ClNO3/c1-16(17-7-3-2-4-8-17)24-20(25)15-27-21(26)22(13-5-6-14-22)18-9-11-19(23)12-10-18/h2-4,7-12,16H,5-6,13-15H2,1H3,(H,24,25)/t16-/m1/s1. The Kier molecular flexibility index (Phi) is 6.17. The van der Waals surface area contributed by atoms with Gasteiger partial charge in [-0.2, -0.15) is 0 Å². The summed E-state index contributed by atoms with van der Waals surface area (Å²) in [5, 5.41) is 3.50. The molecule has 5 heteroatoms. The van der Waals surface area contributed by atoms with Gasteiger partial charge in [0.25, 0.3) is 5.91 Å². The van der Waals surface area contributed by atoms with Gasteiger partial charge < -0.3 is 10.1 Å². The zero-order valence-corrected chi connectivity index (χ0v) is 16.2. The highest BCUT2D eigenvalue weighted by molar-refractivity contribution is 6.30. The van der Waals surface area contributed by atoms with Crippen molar-refractivity contribution >= 4 is 23.5 Å². The number of ether oxygens (including phenoxy) is 1. The number of carbonyl (C=O) groups excluding carboxylic acids is 2. The molecule has 1 fully saturated rings. The summed E-state index contributed by atoms with van der Waals surface area (Å²) in [5.41, 5.74) is 1.24. The summed E-state index contributed by atoms with van der Waals surface area (Å²) < 4.78 is 5.43. The van der Waals surface area contributed by atoms with Crippen LogP contribution in [0.4, 0.5) is 0 Å². The molecule has 3 rings (SSSR count). The molecule has 1 atom stereocenters. The molecule has 2 aromatic carbocycles. The van der Waals surface area contributed by atoms with E-state index in [4.69, 9.17) is 16.3 Å². The van der Waals surface area contributed by atoms with E-state index >= 15 is 0 Å².